The molecule has 0 spiro atoms. The fourth-order valence-corrected chi connectivity index (χ4v) is 6.02. The SMILES string of the molecule is CC(C)(CO)CCCCc1ccc(C=Cc2ccc(CCCCC(C)(C)C(=O)O)[s+]2[O-])[s+]1[O-]. The fraction of sp³-hybridized carbons (Fsp3) is 0.577. The van der Waals surface area contributed by atoms with Gasteiger partial charge in [0, 0.05) is 43.7 Å². The summed E-state index contributed by atoms with van der Waals surface area (Å²) >= 11 is 0. The fourth-order valence-electron chi connectivity index (χ4n) is 3.61. The van der Waals surface area contributed by atoms with Gasteiger partial charge in [-0.05, 0) is 78.6 Å². The third-order valence-corrected chi connectivity index (χ3v) is 9.23. The lowest BCUT2D eigenvalue weighted by atomic mass is 9.87. The molecule has 2 atom stereocenters. The number of carboxylic acids is 1. The van der Waals surface area contributed by atoms with Gasteiger partial charge in [-0.3, -0.25) is 4.79 Å². The molecule has 0 aliphatic carbocycles. The van der Waals surface area contributed by atoms with Gasteiger partial charge in [0.15, 0.2) is 9.75 Å². The average molecular weight is 495 g/mol. The van der Waals surface area contributed by atoms with E-state index in [1.54, 1.807) is 26.0 Å². The molecule has 7 heteroatoms. The first-order valence-electron chi connectivity index (χ1n) is 11.6. The normalized spacial score (nSPS) is 13.8. The van der Waals surface area contributed by atoms with Gasteiger partial charge in [-0.1, -0.05) is 26.7 Å². The van der Waals surface area contributed by atoms with Crippen molar-refractivity contribution in [3.8, 4) is 0 Å². The van der Waals surface area contributed by atoms with Crippen LogP contribution >= 0.6 is 21.5 Å². The van der Waals surface area contributed by atoms with E-state index in [0.717, 1.165) is 53.2 Å². The minimum atomic E-state index is -1.21. The summed E-state index contributed by atoms with van der Waals surface area (Å²) in [5, 5.41) is 18.5. The van der Waals surface area contributed by atoms with Crippen molar-refractivity contribution in [1.29, 1.82) is 0 Å². The molecule has 2 aromatic heterocycles. The highest BCUT2D eigenvalue weighted by Gasteiger charge is 2.26. The second-order valence-corrected chi connectivity index (χ2v) is 13.3. The lowest BCUT2D eigenvalue weighted by Gasteiger charge is -2.20. The standard InChI is InChI=1S/C26H38O5S2/c1-25(2,19-27)17-7-5-9-20-11-13-22(32(20)30)15-16-23-14-12-21(33(23)31)10-6-8-18-26(3,4)24(28)29/h11-16,27H,5-10,17-19H2,1-4H3,(H,28,29). The lowest BCUT2D eigenvalue weighted by Crippen LogP contribution is -2.23. The number of hydrogen-bond acceptors (Lipinski definition) is 4. The van der Waals surface area contributed by atoms with Gasteiger partial charge in [-0.2, -0.15) is 0 Å². The number of aliphatic hydroxyl groups is 1. The molecule has 2 aromatic rings. The molecule has 2 rings (SSSR count). The van der Waals surface area contributed by atoms with Crippen molar-refractivity contribution in [2.24, 2.45) is 10.8 Å². The summed E-state index contributed by atoms with van der Waals surface area (Å²) in [5.41, 5.74) is -0.801. The van der Waals surface area contributed by atoms with E-state index in [9.17, 15) is 24.1 Å². The minimum Gasteiger partial charge on any atom is -0.590 e. The zero-order valence-corrected chi connectivity index (χ0v) is 21.9. The van der Waals surface area contributed by atoms with Crippen molar-refractivity contribution < 1.29 is 24.1 Å². The van der Waals surface area contributed by atoms with Gasteiger partial charge < -0.3 is 19.3 Å². The monoisotopic (exact) mass is 494 g/mol. The largest absolute Gasteiger partial charge is 0.590 e. The molecule has 2 heterocycles. The second-order valence-electron chi connectivity index (χ2n) is 10.2. The summed E-state index contributed by atoms with van der Waals surface area (Å²) in [4.78, 5) is 14.4. The zero-order valence-electron chi connectivity index (χ0n) is 20.3. The number of carbonyl (C=O) groups is 1. The number of aryl methyl sites for hydroxylation is 2. The molecule has 0 saturated heterocycles. The molecule has 0 amide bonds. The first-order chi connectivity index (χ1) is 15.5. The van der Waals surface area contributed by atoms with Crippen LogP contribution in [0.15, 0.2) is 24.3 Å². The van der Waals surface area contributed by atoms with Crippen molar-refractivity contribution in [1.82, 2.24) is 0 Å². The van der Waals surface area contributed by atoms with E-state index in [0.29, 0.717) is 17.7 Å². The molecule has 184 valence electrons. The highest BCUT2D eigenvalue weighted by Crippen LogP contribution is 2.34. The van der Waals surface area contributed by atoms with Crippen molar-refractivity contribution in [3.05, 3.63) is 43.8 Å². The predicted octanol–water partition coefficient (Wildman–Crippen LogP) is 6.87. The number of aliphatic hydroxyl groups excluding tert-OH is 1. The van der Waals surface area contributed by atoms with Crippen LogP contribution in [0.3, 0.4) is 0 Å². The topological polar surface area (TPSA) is 104 Å². The van der Waals surface area contributed by atoms with Crippen LogP contribution in [0, 0.1) is 10.8 Å². The van der Waals surface area contributed by atoms with Crippen LogP contribution in [0.4, 0.5) is 0 Å². The third-order valence-electron chi connectivity index (χ3n) is 6.19. The number of hydrogen-bond donors (Lipinski definition) is 2. The summed E-state index contributed by atoms with van der Waals surface area (Å²) in [6.07, 6.45) is 10.1. The number of rotatable bonds is 14. The van der Waals surface area contributed by atoms with Crippen LogP contribution < -0.4 is 0 Å². The molecule has 0 aromatic carbocycles. The molecule has 0 fully saturated rings. The maximum Gasteiger partial charge on any atom is 0.309 e. The van der Waals surface area contributed by atoms with Gasteiger partial charge in [0.25, 0.3) is 0 Å². The number of thiophene rings is 2. The van der Waals surface area contributed by atoms with Crippen LogP contribution in [-0.4, -0.2) is 31.9 Å². The minimum absolute atomic E-state index is 0.0675. The van der Waals surface area contributed by atoms with Crippen molar-refractivity contribution >= 4 is 39.6 Å². The van der Waals surface area contributed by atoms with Gasteiger partial charge >= 0.3 is 5.97 Å². The summed E-state index contributed by atoms with van der Waals surface area (Å²) in [7, 11) is -2.38. The van der Waals surface area contributed by atoms with Crippen LogP contribution in [0.5, 0.6) is 0 Å². The second kappa shape index (κ2) is 12.3. The van der Waals surface area contributed by atoms with Crippen LogP contribution in [-0.2, 0) is 17.6 Å². The van der Waals surface area contributed by atoms with Crippen LogP contribution in [0.25, 0.3) is 12.2 Å². The van der Waals surface area contributed by atoms with E-state index < -0.39 is 32.9 Å². The molecule has 2 unspecified atom stereocenters. The number of aliphatic carboxylic acids is 1. The van der Waals surface area contributed by atoms with Crippen molar-refractivity contribution in [3.63, 3.8) is 0 Å². The first-order valence-corrected chi connectivity index (χ1v) is 13.9. The molecule has 0 radical (unpaired) electrons. The Morgan fingerprint density at radius 2 is 1.30 bits per heavy atom. The van der Waals surface area contributed by atoms with Gasteiger partial charge in [-0.15, -0.1) is 0 Å². The van der Waals surface area contributed by atoms with E-state index in [-0.39, 0.29) is 12.0 Å². The third kappa shape index (κ3) is 8.34. The molecular formula is C26H38O5S2. The average Bonchev–Trinajstić information content (AvgIpc) is 3.29. The molecule has 2 N–H and O–H groups in total. The van der Waals surface area contributed by atoms with E-state index >= 15 is 0 Å². The summed E-state index contributed by atoms with van der Waals surface area (Å²) in [5.74, 6) is -0.790. The molecule has 0 bridgehead atoms. The molecule has 0 aliphatic heterocycles. The van der Waals surface area contributed by atoms with Crippen LogP contribution in [0.2, 0.25) is 0 Å². The zero-order chi connectivity index (χ0) is 24.6. The van der Waals surface area contributed by atoms with E-state index in [1.165, 1.54) is 0 Å². The highest BCUT2D eigenvalue weighted by molar-refractivity contribution is 7.27. The van der Waals surface area contributed by atoms with Crippen molar-refractivity contribution in [2.45, 2.75) is 79.1 Å². The summed E-state index contributed by atoms with van der Waals surface area (Å²) in [6.45, 7) is 7.73. The first kappa shape index (κ1) is 27.7. The smallest absolute Gasteiger partial charge is 0.309 e. The Bertz CT molecular complexity index is 937. The lowest BCUT2D eigenvalue weighted by molar-refractivity contribution is -0.147. The highest BCUT2D eigenvalue weighted by atomic mass is 32.2. The van der Waals surface area contributed by atoms with Gasteiger partial charge in [-0.25, -0.2) is 0 Å². The maximum atomic E-state index is 12.7. The van der Waals surface area contributed by atoms with E-state index in [2.05, 4.69) is 0 Å². The number of unbranched alkanes of at least 4 members (excludes halogenated alkanes) is 2. The van der Waals surface area contributed by atoms with Gasteiger partial charge in [0.2, 0.25) is 0 Å². The molecular weight excluding hydrogens is 456 g/mol. The van der Waals surface area contributed by atoms with Gasteiger partial charge in [0.1, 0.15) is 9.75 Å². The Balaban J connectivity index is 1.87. The Morgan fingerprint density at radius 1 is 0.848 bits per heavy atom. The van der Waals surface area contributed by atoms with E-state index in [4.69, 9.17) is 0 Å². The quantitative estimate of drug-likeness (QED) is 0.220. The Kier molecular flexibility index (Phi) is 10.3. The number of carboxylic acid groups (broad SMARTS) is 1. The molecule has 5 nitrogen and oxygen atoms in total. The summed E-state index contributed by atoms with van der Waals surface area (Å²) < 4.78 is 25.5. The molecule has 0 aliphatic rings. The van der Waals surface area contributed by atoms with E-state index in [1.807, 2.05) is 38.1 Å². The Morgan fingerprint density at radius 3 is 1.73 bits per heavy atom. The molecule has 33 heavy (non-hydrogen) atoms. The maximum absolute atomic E-state index is 12.7. The summed E-state index contributed by atoms with van der Waals surface area (Å²) in [6, 6.07) is 7.53. The Hall–Kier alpha value is -1.51. The molecule has 0 saturated carbocycles. The van der Waals surface area contributed by atoms with Gasteiger partial charge in [0.05, 0.1) is 5.41 Å². The van der Waals surface area contributed by atoms with Crippen LogP contribution in [0.1, 0.15) is 85.7 Å². The predicted molar refractivity (Wildman–Crippen MR) is 137 cm³/mol. The Labute approximate surface area is 203 Å². The van der Waals surface area contributed by atoms with Crippen molar-refractivity contribution in [2.75, 3.05) is 6.61 Å².